The van der Waals surface area contributed by atoms with Crippen molar-refractivity contribution in [3.05, 3.63) is 193 Å². The maximum absolute atomic E-state index is 6.60. The molecule has 2 atom stereocenters. The molecule has 1 aliphatic heterocycles. The molecule has 0 fully saturated rings. The van der Waals surface area contributed by atoms with Gasteiger partial charge in [-0.2, -0.15) is 0 Å². The van der Waals surface area contributed by atoms with Crippen LogP contribution in [0.15, 0.2) is 186 Å². The maximum atomic E-state index is 6.60. The van der Waals surface area contributed by atoms with E-state index in [1.165, 1.54) is 61.2 Å². The van der Waals surface area contributed by atoms with Gasteiger partial charge < -0.3 is 9.15 Å². The van der Waals surface area contributed by atoms with Crippen molar-refractivity contribution < 1.29 is 9.15 Å². The summed E-state index contributed by atoms with van der Waals surface area (Å²) in [5.41, 5.74) is 14.9. The van der Waals surface area contributed by atoms with Crippen molar-refractivity contribution >= 4 is 27.5 Å². The van der Waals surface area contributed by atoms with Crippen molar-refractivity contribution in [1.29, 1.82) is 0 Å². The first-order valence-electron chi connectivity index (χ1n) is 17.2. The Bertz CT molecular complexity index is 2530. The molecule has 2 unspecified atom stereocenters. The standard InChI is InChI=1S/C48H32O2/c1-4-10-31(11-5-1)36-20-24-45-43(29-36)41-22-23-42-44-30-37(21-25-46(44)50-48(42)47(41)49-45)34-16-18-35(19-17-34)40-27-38(32-12-6-2-7-13-32)26-39(28-40)33-14-8-3-9-15-33/h1-30,44,46H. The lowest BCUT2D eigenvalue weighted by atomic mass is 9.86. The van der Waals surface area contributed by atoms with Gasteiger partial charge in [-0.1, -0.05) is 140 Å². The summed E-state index contributed by atoms with van der Waals surface area (Å²) in [4.78, 5) is 0. The number of rotatable bonds is 5. The first-order chi connectivity index (χ1) is 24.7. The number of furan rings is 1. The molecule has 2 aliphatic rings. The fourth-order valence-electron chi connectivity index (χ4n) is 7.64. The van der Waals surface area contributed by atoms with E-state index >= 15 is 0 Å². The second kappa shape index (κ2) is 11.6. The minimum absolute atomic E-state index is 0.0520. The predicted molar refractivity (Wildman–Crippen MR) is 206 cm³/mol. The topological polar surface area (TPSA) is 22.4 Å². The van der Waals surface area contributed by atoms with Crippen molar-refractivity contribution in [2.75, 3.05) is 0 Å². The zero-order chi connectivity index (χ0) is 33.0. The number of fused-ring (bicyclic) bond motifs is 7. The third-order valence-electron chi connectivity index (χ3n) is 10.2. The lowest BCUT2D eigenvalue weighted by Gasteiger charge is -2.19. The van der Waals surface area contributed by atoms with Gasteiger partial charge in [0.1, 0.15) is 11.7 Å². The Morgan fingerprint density at radius 3 is 1.58 bits per heavy atom. The Kier molecular flexibility index (Phi) is 6.67. The second-order valence-corrected chi connectivity index (χ2v) is 13.2. The Balaban J connectivity index is 0.979. The van der Waals surface area contributed by atoms with Crippen LogP contribution in [0, 0.1) is 0 Å². The van der Waals surface area contributed by atoms with E-state index in [4.69, 9.17) is 9.15 Å². The zero-order valence-corrected chi connectivity index (χ0v) is 27.3. The fourth-order valence-corrected chi connectivity index (χ4v) is 7.64. The number of hydrogen-bond donors (Lipinski definition) is 0. The van der Waals surface area contributed by atoms with Crippen molar-refractivity contribution in [3.8, 4) is 50.3 Å². The highest BCUT2D eigenvalue weighted by molar-refractivity contribution is 6.08. The van der Waals surface area contributed by atoms with Gasteiger partial charge in [0.2, 0.25) is 0 Å². The van der Waals surface area contributed by atoms with Crippen molar-refractivity contribution in [3.63, 3.8) is 0 Å². The van der Waals surface area contributed by atoms with Gasteiger partial charge in [0.15, 0.2) is 11.3 Å². The highest BCUT2D eigenvalue weighted by atomic mass is 16.5. The van der Waals surface area contributed by atoms with Crippen LogP contribution < -0.4 is 4.74 Å². The van der Waals surface area contributed by atoms with Crippen LogP contribution >= 0.6 is 0 Å². The summed E-state index contributed by atoms with van der Waals surface area (Å²) in [6, 6.07) is 58.5. The Morgan fingerprint density at radius 1 is 0.420 bits per heavy atom. The first-order valence-corrected chi connectivity index (χ1v) is 17.2. The van der Waals surface area contributed by atoms with Crippen LogP contribution in [-0.2, 0) is 0 Å². The molecule has 2 heterocycles. The molecule has 0 bridgehead atoms. The number of allylic oxidation sites excluding steroid dienone is 2. The maximum Gasteiger partial charge on any atom is 0.177 e. The monoisotopic (exact) mass is 640 g/mol. The molecule has 2 nitrogen and oxygen atoms in total. The minimum atomic E-state index is -0.0520. The third kappa shape index (κ3) is 4.88. The van der Waals surface area contributed by atoms with Crippen LogP contribution in [-0.4, -0.2) is 6.10 Å². The molecule has 8 aromatic rings. The molecule has 0 saturated carbocycles. The Labute approximate surface area is 291 Å². The number of hydrogen-bond acceptors (Lipinski definition) is 2. The lowest BCUT2D eigenvalue weighted by Crippen LogP contribution is -2.16. The Hall–Kier alpha value is -6.38. The van der Waals surface area contributed by atoms with Gasteiger partial charge in [-0.25, -0.2) is 0 Å². The molecule has 0 radical (unpaired) electrons. The number of benzene rings is 7. The predicted octanol–water partition coefficient (Wildman–Crippen LogP) is 12.8. The molecule has 2 heteroatoms. The van der Waals surface area contributed by atoms with E-state index in [9.17, 15) is 0 Å². The van der Waals surface area contributed by atoms with E-state index in [0.717, 1.165) is 27.7 Å². The molecule has 10 rings (SSSR count). The molecule has 236 valence electrons. The summed E-state index contributed by atoms with van der Waals surface area (Å²) in [6.07, 6.45) is 6.71. The molecular formula is C48H32O2. The molecule has 0 spiro atoms. The molecule has 1 aliphatic carbocycles. The minimum Gasteiger partial charge on any atom is -0.481 e. The van der Waals surface area contributed by atoms with E-state index in [0.29, 0.717) is 0 Å². The van der Waals surface area contributed by atoms with Gasteiger partial charge in [-0.15, -0.1) is 0 Å². The molecule has 0 N–H and O–H groups in total. The number of ether oxygens (including phenoxy) is 1. The van der Waals surface area contributed by atoms with E-state index < -0.39 is 0 Å². The van der Waals surface area contributed by atoms with Crippen LogP contribution in [0.3, 0.4) is 0 Å². The largest absolute Gasteiger partial charge is 0.481 e. The van der Waals surface area contributed by atoms with Crippen molar-refractivity contribution in [2.24, 2.45) is 0 Å². The average molecular weight is 641 g/mol. The summed E-state index contributed by atoms with van der Waals surface area (Å²) >= 11 is 0. The van der Waals surface area contributed by atoms with E-state index in [1.54, 1.807) is 0 Å². The van der Waals surface area contributed by atoms with Crippen LogP contribution in [0.2, 0.25) is 0 Å². The lowest BCUT2D eigenvalue weighted by molar-refractivity contribution is 0.269. The highest BCUT2D eigenvalue weighted by Gasteiger charge is 2.36. The van der Waals surface area contributed by atoms with E-state index in [-0.39, 0.29) is 12.0 Å². The molecule has 7 aromatic carbocycles. The fraction of sp³-hybridized carbons (Fsp3) is 0.0417. The Morgan fingerprint density at radius 2 is 0.960 bits per heavy atom. The summed E-state index contributed by atoms with van der Waals surface area (Å²) < 4.78 is 13.1. The van der Waals surface area contributed by atoms with Crippen LogP contribution in [0.1, 0.15) is 17.0 Å². The van der Waals surface area contributed by atoms with Gasteiger partial charge in [0.25, 0.3) is 0 Å². The van der Waals surface area contributed by atoms with Crippen LogP contribution in [0.5, 0.6) is 5.75 Å². The van der Waals surface area contributed by atoms with Crippen molar-refractivity contribution in [1.82, 2.24) is 0 Å². The van der Waals surface area contributed by atoms with Gasteiger partial charge in [0.05, 0.1) is 0 Å². The third-order valence-corrected chi connectivity index (χ3v) is 10.2. The summed E-state index contributed by atoms with van der Waals surface area (Å²) in [7, 11) is 0. The van der Waals surface area contributed by atoms with Gasteiger partial charge in [0, 0.05) is 22.3 Å². The quantitative estimate of drug-likeness (QED) is 0.187. The molecular weight excluding hydrogens is 609 g/mol. The summed E-state index contributed by atoms with van der Waals surface area (Å²) in [6.45, 7) is 0. The molecule has 0 saturated heterocycles. The van der Waals surface area contributed by atoms with E-state index in [2.05, 4.69) is 176 Å². The first kappa shape index (κ1) is 28.6. The normalized spacial score (nSPS) is 16.2. The SMILES string of the molecule is C1=CC2Oc3c(ccc4c3oc3ccc(-c5ccccc5)cc34)C2C=C1c1ccc(-c2cc(-c3ccccc3)cc(-c3ccccc3)c2)cc1. The zero-order valence-electron chi connectivity index (χ0n) is 27.3. The average Bonchev–Trinajstić information content (AvgIpc) is 3.77. The molecule has 1 aromatic heterocycles. The highest BCUT2D eigenvalue weighted by Crippen LogP contribution is 2.49. The van der Waals surface area contributed by atoms with E-state index in [1.807, 2.05) is 6.07 Å². The van der Waals surface area contributed by atoms with Crippen molar-refractivity contribution in [2.45, 2.75) is 12.0 Å². The molecule has 0 amide bonds. The van der Waals surface area contributed by atoms with Crippen LogP contribution in [0.25, 0.3) is 72.0 Å². The molecule has 50 heavy (non-hydrogen) atoms. The summed E-state index contributed by atoms with van der Waals surface area (Å²) in [5, 5.41) is 2.20. The van der Waals surface area contributed by atoms with Crippen LogP contribution in [0.4, 0.5) is 0 Å². The van der Waals surface area contributed by atoms with Gasteiger partial charge in [-0.3, -0.25) is 0 Å². The van der Waals surface area contributed by atoms with Gasteiger partial charge >= 0.3 is 0 Å². The summed E-state index contributed by atoms with van der Waals surface area (Å²) in [5.74, 6) is 0.984. The smallest absolute Gasteiger partial charge is 0.177 e. The van der Waals surface area contributed by atoms with Gasteiger partial charge in [-0.05, 0) is 98.1 Å². The second-order valence-electron chi connectivity index (χ2n) is 13.2.